The van der Waals surface area contributed by atoms with E-state index in [2.05, 4.69) is 49.0 Å². The quantitative estimate of drug-likeness (QED) is 0.389. The van der Waals surface area contributed by atoms with E-state index >= 15 is 0 Å². The minimum atomic E-state index is -0.590. The number of fused-ring (bicyclic) bond motifs is 3. The van der Waals surface area contributed by atoms with Crippen LogP contribution in [0.3, 0.4) is 0 Å². The molecule has 1 heterocycles. The average Bonchev–Trinajstić information content (AvgIpc) is 3.20. The van der Waals surface area contributed by atoms with E-state index in [0.717, 1.165) is 6.42 Å². The van der Waals surface area contributed by atoms with Gasteiger partial charge in [-0.05, 0) is 60.1 Å². The summed E-state index contributed by atoms with van der Waals surface area (Å²) in [5.41, 5.74) is 6.26. The molecule has 0 saturated carbocycles. The summed E-state index contributed by atoms with van der Waals surface area (Å²) in [4.78, 5) is 12.7. The van der Waals surface area contributed by atoms with Crippen LogP contribution in [0.4, 0.5) is 0 Å². The first-order valence-corrected chi connectivity index (χ1v) is 11.3. The standard InChI is InChI=1S/C27H30O5/c1-3-15-31-26(29)25-17-24(22(13-8-14-28)27(32-25)30-4-2)21-12-7-11-20-19-10-6-5-9-18(19)16-23(20)21/h3,5-7,9-12,17,22,24,27-28H,1,4,8,13-16H2,2H3/t22-,24-,27-/m1/s1. The molecule has 5 heteroatoms. The molecule has 4 rings (SSSR count). The van der Waals surface area contributed by atoms with Crippen molar-refractivity contribution in [2.24, 2.45) is 5.92 Å². The third kappa shape index (κ3) is 4.36. The normalized spacial score (nSPS) is 21.2. The molecular formula is C27H30O5. The van der Waals surface area contributed by atoms with Gasteiger partial charge < -0.3 is 19.3 Å². The number of aliphatic hydroxyl groups is 1. The Kier molecular flexibility index (Phi) is 7.08. The molecule has 0 unspecified atom stereocenters. The molecule has 0 radical (unpaired) electrons. The zero-order chi connectivity index (χ0) is 22.5. The monoisotopic (exact) mass is 434 g/mol. The molecule has 2 aromatic carbocycles. The lowest BCUT2D eigenvalue weighted by atomic mass is 9.78. The first kappa shape index (κ1) is 22.3. The third-order valence-electron chi connectivity index (χ3n) is 6.19. The number of ether oxygens (including phenoxy) is 3. The number of esters is 1. The lowest BCUT2D eigenvalue weighted by Gasteiger charge is -2.37. The molecule has 2 aliphatic rings. The van der Waals surface area contributed by atoms with Crippen LogP contribution in [0.25, 0.3) is 11.1 Å². The highest BCUT2D eigenvalue weighted by molar-refractivity contribution is 5.87. The lowest BCUT2D eigenvalue weighted by Crippen LogP contribution is -2.37. The number of rotatable bonds is 9. The first-order chi connectivity index (χ1) is 15.7. The van der Waals surface area contributed by atoms with Gasteiger partial charge in [-0.2, -0.15) is 0 Å². The highest BCUT2D eigenvalue weighted by Gasteiger charge is 2.39. The second-order valence-electron chi connectivity index (χ2n) is 8.12. The third-order valence-corrected chi connectivity index (χ3v) is 6.19. The molecule has 0 fully saturated rings. The van der Waals surface area contributed by atoms with Crippen LogP contribution in [0.5, 0.6) is 0 Å². The molecule has 2 aromatic rings. The molecule has 168 valence electrons. The van der Waals surface area contributed by atoms with Crippen molar-refractivity contribution in [3.63, 3.8) is 0 Å². The van der Waals surface area contributed by atoms with Crippen LogP contribution < -0.4 is 0 Å². The molecule has 0 saturated heterocycles. The second-order valence-corrected chi connectivity index (χ2v) is 8.12. The van der Waals surface area contributed by atoms with Gasteiger partial charge in [0.15, 0.2) is 0 Å². The fourth-order valence-corrected chi connectivity index (χ4v) is 4.81. The number of carbonyl (C=O) groups is 1. The molecule has 0 aromatic heterocycles. The molecule has 1 N–H and O–H groups in total. The zero-order valence-corrected chi connectivity index (χ0v) is 18.5. The second kappa shape index (κ2) is 10.2. The van der Waals surface area contributed by atoms with Crippen LogP contribution in [-0.4, -0.2) is 37.2 Å². The van der Waals surface area contributed by atoms with Gasteiger partial charge in [0, 0.05) is 25.0 Å². The van der Waals surface area contributed by atoms with E-state index in [1.54, 1.807) is 0 Å². The number of benzene rings is 2. The molecule has 1 aliphatic heterocycles. The summed E-state index contributed by atoms with van der Waals surface area (Å²) < 4.78 is 17.2. The topological polar surface area (TPSA) is 65.0 Å². The molecule has 0 amide bonds. The van der Waals surface area contributed by atoms with Crippen molar-refractivity contribution in [1.29, 1.82) is 0 Å². The minimum Gasteiger partial charge on any atom is -0.457 e. The SMILES string of the molecule is C=CCOC(=O)C1=C[C@H](c2cccc3c2Cc2ccccc2-3)[C@@H](CCCO)[C@H](OCC)O1. The van der Waals surface area contributed by atoms with Gasteiger partial charge in [-0.15, -0.1) is 0 Å². The van der Waals surface area contributed by atoms with Gasteiger partial charge in [0.25, 0.3) is 0 Å². The number of allylic oxidation sites excluding steroid dienone is 1. The van der Waals surface area contributed by atoms with Gasteiger partial charge in [0.1, 0.15) is 6.61 Å². The van der Waals surface area contributed by atoms with Crippen LogP contribution in [0.15, 0.2) is 67.0 Å². The molecule has 32 heavy (non-hydrogen) atoms. The summed E-state index contributed by atoms with van der Waals surface area (Å²) >= 11 is 0. The van der Waals surface area contributed by atoms with Gasteiger partial charge in [-0.25, -0.2) is 4.79 Å². The summed E-state index contributed by atoms with van der Waals surface area (Å²) in [5, 5.41) is 9.50. The summed E-state index contributed by atoms with van der Waals surface area (Å²) in [6, 6.07) is 14.8. The summed E-state index contributed by atoms with van der Waals surface area (Å²) in [7, 11) is 0. The van der Waals surface area contributed by atoms with Crippen molar-refractivity contribution in [3.05, 3.63) is 83.6 Å². The zero-order valence-electron chi connectivity index (χ0n) is 18.5. The van der Waals surface area contributed by atoms with Crippen LogP contribution in [0.2, 0.25) is 0 Å². The van der Waals surface area contributed by atoms with E-state index in [0.29, 0.717) is 19.4 Å². The maximum Gasteiger partial charge on any atom is 0.373 e. The highest BCUT2D eigenvalue weighted by Crippen LogP contribution is 2.46. The van der Waals surface area contributed by atoms with Gasteiger partial charge in [0.05, 0.1) is 0 Å². The van der Waals surface area contributed by atoms with Crippen LogP contribution in [-0.2, 0) is 25.4 Å². The Bertz CT molecular complexity index is 1010. The molecule has 3 atom stereocenters. The fraction of sp³-hybridized carbons (Fsp3) is 0.370. The smallest absolute Gasteiger partial charge is 0.373 e. The van der Waals surface area contributed by atoms with Crippen molar-refractivity contribution in [2.45, 2.75) is 38.4 Å². The van der Waals surface area contributed by atoms with E-state index in [1.807, 2.05) is 13.0 Å². The molecule has 1 aliphatic carbocycles. The van der Waals surface area contributed by atoms with Crippen LogP contribution in [0.1, 0.15) is 42.4 Å². The largest absolute Gasteiger partial charge is 0.457 e. The van der Waals surface area contributed by atoms with Gasteiger partial charge >= 0.3 is 5.97 Å². The van der Waals surface area contributed by atoms with Crippen molar-refractivity contribution < 1.29 is 24.1 Å². The van der Waals surface area contributed by atoms with E-state index in [9.17, 15) is 9.90 Å². The Morgan fingerprint density at radius 2 is 2.03 bits per heavy atom. The van der Waals surface area contributed by atoms with E-state index in [1.165, 1.54) is 33.9 Å². The molecule has 0 bridgehead atoms. The predicted molar refractivity (Wildman–Crippen MR) is 123 cm³/mol. The van der Waals surface area contributed by atoms with Gasteiger partial charge in [-0.3, -0.25) is 0 Å². The summed E-state index contributed by atoms with van der Waals surface area (Å²) in [6.07, 6.45) is 5.02. The Morgan fingerprint density at radius 1 is 1.22 bits per heavy atom. The number of carbonyl (C=O) groups excluding carboxylic acids is 1. The fourth-order valence-electron chi connectivity index (χ4n) is 4.81. The maximum atomic E-state index is 12.7. The van der Waals surface area contributed by atoms with Crippen molar-refractivity contribution >= 4 is 5.97 Å². The molecule has 5 nitrogen and oxygen atoms in total. The van der Waals surface area contributed by atoms with Crippen molar-refractivity contribution in [2.75, 3.05) is 19.8 Å². The van der Waals surface area contributed by atoms with Crippen LogP contribution >= 0.6 is 0 Å². The van der Waals surface area contributed by atoms with E-state index < -0.39 is 12.3 Å². The maximum absolute atomic E-state index is 12.7. The van der Waals surface area contributed by atoms with Gasteiger partial charge in [-0.1, -0.05) is 55.1 Å². The highest BCUT2D eigenvalue weighted by atomic mass is 16.7. The number of hydrogen-bond donors (Lipinski definition) is 1. The van der Waals surface area contributed by atoms with Crippen molar-refractivity contribution in [3.8, 4) is 11.1 Å². The first-order valence-electron chi connectivity index (χ1n) is 11.3. The Balaban J connectivity index is 1.77. The lowest BCUT2D eigenvalue weighted by molar-refractivity contribution is -0.175. The van der Waals surface area contributed by atoms with Crippen molar-refractivity contribution in [1.82, 2.24) is 0 Å². The number of aliphatic hydroxyl groups excluding tert-OH is 1. The van der Waals surface area contributed by atoms with Gasteiger partial charge in [0.2, 0.25) is 12.0 Å². The van der Waals surface area contributed by atoms with E-state index in [-0.39, 0.29) is 30.8 Å². The Labute approximate surface area is 189 Å². The number of hydrogen-bond acceptors (Lipinski definition) is 5. The van der Waals surface area contributed by atoms with Crippen LogP contribution in [0, 0.1) is 5.92 Å². The summed E-state index contributed by atoms with van der Waals surface area (Å²) in [6.45, 7) is 6.19. The molecule has 0 spiro atoms. The summed E-state index contributed by atoms with van der Waals surface area (Å²) in [5.74, 6) is -0.476. The predicted octanol–water partition coefficient (Wildman–Crippen LogP) is 4.74. The molecular weight excluding hydrogens is 404 g/mol. The Hall–Kier alpha value is -2.89. The average molecular weight is 435 g/mol. The minimum absolute atomic E-state index is 0.0340. The Morgan fingerprint density at radius 3 is 2.81 bits per heavy atom. The van der Waals surface area contributed by atoms with E-state index in [4.69, 9.17) is 14.2 Å².